The molecule has 0 radical (unpaired) electrons. The second-order valence-corrected chi connectivity index (χ2v) is 9.22. The minimum Gasteiger partial charge on any atom is -0.460 e. The molecule has 6 heteroatoms. The third-order valence-electron chi connectivity index (χ3n) is 4.94. The number of likely N-dealkylation sites (tertiary alicyclic amines) is 1. The number of nitrogens with zero attached hydrogens (tertiary/aromatic N) is 1. The van der Waals surface area contributed by atoms with Crippen molar-refractivity contribution in [3.05, 3.63) is 47.5 Å². The van der Waals surface area contributed by atoms with E-state index in [4.69, 9.17) is 4.42 Å². The first kappa shape index (κ1) is 18.1. The van der Waals surface area contributed by atoms with Crippen LogP contribution in [0.1, 0.15) is 31.1 Å². The van der Waals surface area contributed by atoms with Gasteiger partial charge in [0.2, 0.25) is 0 Å². The van der Waals surface area contributed by atoms with Crippen molar-refractivity contribution < 1.29 is 17.2 Å². The Morgan fingerprint density at radius 2 is 1.92 bits per heavy atom. The molecule has 25 heavy (non-hydrogen) atoms. The summed E-state index contributed by atoms with van der Waals surface area (Å²) in [5.74, 6) is 1.54. The molecular weight excluding hydrogens is 341 g/mol. The van der Waals surface area contributed by atoms with Gasteiger partial charge in [-0.25, -0.2) is 12.8 Å². The molecule has 0 N–H and O–H groups in total. The van der Waals surface area contributed by atoms with E-state index >= 15 is 0 Å². The van der Waals surface area contributed by atoms with E-state index in [0.717, 1.165) is 35.7 Å². The van der Waals surface area contributed by atoms with Gasteiger partial charge in [0.1, 0.15) is 17.3 Å². The van der Waals surface area contributed by atoms with E-state index in [9.17, 15) is 12.8 Å². The Morgan fingerprint density at radius 3 is 2.56 bits per heavy atom. The van der Waals surface area contributed by atoms with E-state index in [0.29, 0.717) is 19.4 Å². The molecule has 1 aliphatic heterocycles. The van der Waals surface area contributed by atoms with Gasteiger partial charge in [-0.05, 0) is 68.8 Å². The van der Waals surface area contributed by atoms with E-state index < -0.39 is 9.84 Å². The lowest BCUT2D eigenvalue weighted by molar-refractivity contribution is 0.207. The van der Waals surface area contributed by atoms with E-state index in [-0.39, 0.29) is 16.8 Å². The normalized spacial score (nSPS) is 17.1. The first-order valence-corrected chi connectivity index (χ1v) is 10.4. The quantitative estimate of drug-likeness (QED) is 0.809. The second-order valence-electron chi connectivity index (χ2n) is 6.65. The van der Waals surface area contributed by atoms with Crippen molar-refractivity contribution in [3.8, 4) is 11.3 Å². The number of hydrogen-bond donors (Lipinski definition) is 0. The zero-order valence-corrected chi connectivity index (χ0v) is 15.5. The van der Waals surface area contributed by atoms with Crippen LogP contribution in [0.15, 0.2) is 34.7 Å². The molecule has 2 heterocycles. The van der Waals surface area contributed by atoms with Crippen LogP contribution in [0.2, 0.25) is 0 Å². The Kier molecular flexibility index (Phi) is 5.29. The lowest BCUT2D eigenvalue weighted by Gasteiger charge is -2.30. The monoisotopic (exact) mass is 365 g/mol. The Bertz CT molecular complexity index is 836. The molecule has 0 amide bonds. The van der Waals surface area contributed by atoms with Crippen LogP contribution in [-0.4, -0.2) is 37.4 Å². The fourth-order valence-electron chi connectivity index (χ4n) is 3.39. The van der Waals surface area contributed by atoms with Gasteiger partial charge in [0.05, 0.1) is 11.8 Å². The maximum absolute atomic E-state index is 13.2. The van der Waals surface area contributed by atoms with Crippen molar-refractivity contribution in [3.63, 3.8) is 0 Å². The molecule has 0 atom stereocenters. The van der Waals surface area contributed by atoms with Gasteiger partial charge in [-0.1, -0.05) is 6.92 Å². The molecule has 0 unspecified atom stereocenters. The molecule has 1 aliphatic rings. The average Bonchev–Trinajstić information content (AvgIpc) is 3.03. The highest BCUT2D eigenvalue weighted by Crippen LogP contribution is 2.27. The molecular formula is C19H24FNO3S. The highest BCUT2D eigenvalue weighted by molar-refractivity contribution is 7.92. The van der Waals surface area contributed by atoms with Crippen LogP contribution in [0.3, 0.4) is 0 Å². The van der Waals surface area contributed by atoms with Crippen molar-refractivity contribution in [2.24, 2.45) is 0 Å². The zero-order valence-electron chi connectivity index (χ0n) is 14.7. The first-order valence-electron chi connectivity index (χ1n) is 8.68. The summed E-state index contributed by atoms with van der Waals surface area (Å²) in [5.41, 5.74) is 1.73. The fourth-order valence-corrected chi connectivity index (χ4v) is 4.79. The van der Waals surface area contributed by atoms with Crippen LogP contribution in [-0.2, 0) is 16.4 Å². The molecule has 0 saturated carbocycles. The molecule has 1 fully saturated rings. The Labute approximate surface area is 148 Å². The minimum atomic E-state index is -2.94. The predicted molar refractivity (Wildman–Crippen MR) is 96.6 cm³/mol. The van der Waals surface area contributed by atoms with Crippen LogP contribution in [0.25, 0.3) is 11.3 Å². The Morgan fingerprint density at radius 1 is 1.20 bits per heavy atom. The topological polar surface area (TPSA) is 50.5 Å². The number of piperidine rings is 1. The highest BCUT2D eigenvalue weighted by atomic mass is 32.2. The summed E-state index contributed by atoms with van der Waals surface area (Å²) >= 11 is 0. The van der Waals surface area contributed by atoms with Gasteiger partial charge in [0.25, 0.3) is 0 Å². The number of benzene rings is 1. The maximum atomic E-state index is 13.2. The Balaban J connectivity index is 1.63. The summed E-state index contributed by atoms with van der Waals surface area (Å²) in [6.45, 7) is 5.76. The van der Waals surface area contributed by atoms with E-state index in [1.807, 2.05) is 19.1 Å². The average molecular weight is 365 g/mol. The van der Waals surface area contributed by atoms with E-state index in [2.05, 4.69) is 4.90 Å². The second kappa shape index (κ2) is 7.30. The van der Waals surface area contributed by atoms with Crippen molar-refractivity contribution in [1.82, 2.24) is 4.90 Å². The van der Waals surface area contributed by atoms with Crippen LogP contribution in [0, 0.1) is 12.7 Å². The third kappa shape index (κ3) is 4.12. The maximum Gasteiger partial charge on any atom is 0.152 e. The first-order chi connectivity index (χ1) is 11.9. The summed E-state index contributed by atoms with van der Waals surface area (Å²) in [6.07, 6.45) is 1.36. The summed E-state index contributed by atoms with van der Waals surface area (Å²) in [6, 6.07) is 8.51. The van der Waals surface area contributed by atoms with Crippen molar-refractivity contribution in [1.29, 1.82) is 0 Å². The van der Waals surface area contributed by atoms with Crippen molar-refractivity contribution in [2.45, 2.75) is 38.5 Å². The van der Waals surface area contributed by atoms with Crippen LogP contribution >= 0.6 is 0 Å². The largest absolute Gasteiger partial charge is 0.460 e. The Hall–Kier alpha value is -1.66. The predicted octanol–water partition coefficient (Wildman–Crippen LogP) is 3.79. The molecule has 3 rings (SSSR count). The molecule has 0 spiro atoms. The number of furan rings is 1. The lowest BCUT2D eigenvalue weighted by Crippen LogP contribution is -2.39. The number of halogens is 1. The summed E-state index contributed by atoms with van der Waals surface area (Å²) in [5, 5.41) is -0.206. The number of aryl methyl sites for hydroxylation is 1. The van der Waals surface area contributed by atoms with Crippen molar-refractivity contribution in [2.75, 3.05) is 18.8 Å². The van der Waals surface area contributed by atoms with Gasteiger partial charge in [-0.15, -0.1) is 0 Å². The standard InChI is InChI=1S/C19H24FNO3S/c1-3-25(22,23)17-8-10-21(11-9-17)13-16-5-7-19(24-16)18-6-4-15(20)12-14(18)2/h4-7,12,17H,3,8-11,13H2,1-2H3. The third-order valence-corrected chi connectivity index (χ3v) is 7.23. The van der Waals surface area contributed by atoms with Crippen LogP contribution in [0.5, 0.6) is 0 Å². The van der Waals surface area contributed by atoms with Gasteiger partial charge in [0, 0.05) is 11.3 Å². The van der Waals surface area contributed by atoms with Gasteiger partial charge >= 0.3 is 0 Å². The molecule has 136 valence electrons. The van der Waals surface area contributed by atoms with Gasteiger partial charge in [0.15, 0.2) is 9.84 Å². The van der Waals surface area contributed by atoms with Gasteiger partial charge in [-0.3, -0.25) is 4.90 Å². The van der Waals surface area contributed by atoms with E-state index in [1.165, 1.54) is 12.1 Å². The highest BCUT2D eigenvalue weighted by Gasteiger charge is 2.28. The number of sulfone groups is 1. The van der Waals surface area contributed by atoms with E-state index in [1.54, 1.807) is 13.0 Å². The molecule has 4 nitrogen and oxygen atoms in total. The zero-order chi connectivity index (χ0) is 18.0. The molecule has 1 aromatic heterocycles. The summed E-state index contributed by atoms with van der Waals surface area (Å²) < 4.78 is 43.1. The molecule has 0 aliphatic carbocycles. The van der Waals surface area contributed by atoms with Crippen LogP contribution in [0.4, 0.5) is 4.39 Å². The molecule has 0 bridgehead atoms. The van der Waals surface area contributed by atoms with Gasteiger partial charge in [-0.2, -0.15) is 0 Å². The summed E-state index contributed by atoms with van der Waals surface area (Å²) in [7, 11) is -2.94. The SMILES string of the molecule is CCS(=O)(=O)C1CCN(Cc2ccc(-c3ccc(F)cc3C)o2)CC1. The molecule has 2 aromatic rings. The fraction of sp³-hybridized carbons (Fsp3) is 0.474. The summed E-state index contributed by atoms with van der Waals surface area (Å²) in [4.78, 5) is 2.22. The molecule has 1 saturated heterocycles. The molecule has 1 aromatic carbocycles. The number of hydrogen-bond acceptors (Lipinski definition) is 4. The lowest BCUT2D eigenvalue weighted by atomic mass is 10.1. The van der Waals surface area contributed by atoms with Crippen molar-refractivity contribution >= 4 is 9.84 Å². The van der Waals surface area contributed by atoms with Crippen LogP contribution < -0.4 is 0 Å². The van der Waals surface area contributed by atoms with Gasteiger partial charge < -0.3 is 4.42 Å². The minimum absolute atomic E-state index is 0.206. The smallest absolute Gasteiger partial charge is 0.152 e. The number of rotatable bonds is 5.